The van der Waals surface area contributed by atoms with E-state index in [1.807, 2.05) is 6.07 Å². The second-order valence-corrected chi connectivity index (χ2v) is 5.97. The van der Waals surface area contributed by atoms with Crippen LogP contribution in [0.15, 0.2) is 48.8 Å². The van der Waals surface area contributed by atoms with Crippen molar-refractivity contribution < 1.29 is 9.53 Å². The van der Waals surface area contributed by atoms with Gasteiger partial charge in [-0.05, 0) is 48.3 Å². The Kier molecular flexibility index (Phi) is 5.38. The van der Waals surface area contributed by atoms with Crippen molar-refractivity contribution in [2.75, 3.05) is 13.2 Å². The summed E-state index contributed by atoms with van der Waals surface area (Å²) in [7, 11) is 0. The van der Waals surface area contributed by atoms with Gasteiger partial charge >= 0.3 is 5.97 Å². The van der Waals surface area contributed by atoms with E-state index in [1.165, 1.54) is 11.1 Å². The molecule has 0 aliphatic heterocycles. The van der Waals surface area contributed by atoms with Crippen LogP contribution in [0.1, 0.15) is 33.9 Å². The number of nitrogens with zero attached hydrogens (tertiary/aromatic N) is 1. The number of hydrogen-bond donors (Lipinski definition) is 2. The van der Waals surface area contributed by atoms with Crippen molar-refractivity contribution in [3.63, 3.8) is 0 Å². The maximum Gasteiger partial charge on any atom is 0.338 e. The molecule has 1 aliphatic rings. The van der Waals surface area contributed by atoms with Crippen LogP contribution in [0, 0.1) is 0 Å². The number of carbonyl (C=O) groups is 1. The van der Waals surface area contributed by atoms with Gasteiger partial charge in [0.1, 0.15) is 6.61 Å². The van der Waals surface area contributed by atoms with Crippen LogP contribution in [0.25, 0.3) is 0 Å². The summed E-state index contributed by atoms with van der Waals surface area (Å²) < 4.78 is 5.19. The predicted molar refractivity (Wildman–Crippen MR) is 95.8 cm³/mol. The molecular formula is C18H19N3O2S. The van der Waals surface area contributed by atoms with Gasteiger partial charge in [0.15, 0.2) is 5.11 Å². The molecule has 0 saturated heterocycles. The molecule has 1 aliphatic carbocycles. The third-order valence-electron chi connectivity index (χ3n) is 3.97. The lowest BCUT2D eigenvalue weighted by atomic mass is 10.1. The number of aromatic nitrogens is 1. The number of aryl methyl sites for hydroxylation is 1. The van der Waals surface area contributed by atoms with E-state index in [1.54, 1.807) is 24.5 Å². The lowest BCUT2D eigenvalue weighted by Crippen LogP contribution is -2.38. The number of thiocarbonyl (C=S) groups is 1. The van der Waals surface area contributed by atoms with E-state index in [9.17, 15) is 4.79 Å². The van der Waals surface area contributed by atoms with Crippen molar-refractivity contribution in [3.05, 3.63) is 65.5 Å². The molecule has 2 N–H and O–H groups in total. The minimum atomic E-state index is -0.359. The van der Waals surface area contributed by atoms with Gasteiger partial charge in [-0.3, -0.25) is 4.98 Å². The van der Waals surface area contributed by atoms with Crippen molar-refractivity contribution in [1.29, 1.82) is 0 Å². The molecule has 0 fully saturated rings. The van der Waals surface area contributed by atoms with E-state index in [0.29, 0.717) is 17.2 Å². The van der Waals surface area contributed by atoms with Gasteiger partial charge in [-0.25, -0.2) is 4.79 Å². The minimum absolute atomic E-state index is 0.251. The minimum Gasteiger partial charge on any atom is -0.460 e. The van der Waals surface area contributed by atoms with Crippen LogP contribution in [0.3, 0.4) is 0 Å². The third kappa shape index (κ3) is 4.08. The first-order valence-corrected chi connectivity index (χ1v) is 8.34. The van der Waals surface area contributed by atoms with Crippen molar-refractivity contribution in [2.24, 2.45) is 0 Å². The Morgan fingerprint density at radius 2 is 2.04 bits per heavy atom. The average molecular weight is 341 g/mol. The Bertz CT molecular complexity index is 721. The van der Waals surface area contributed by atoms with Gasteiger partial charge in [-0.15, -0.1) is 0 Å². The molecule has 1 atom stereocenters. The van der Waals surface area contributed by atoms with E-state index in [0.717, 1.165) is 12.8 Å². The number of nitrogens with one attached hydrogen (secondary N) is 2. The van der Waals surface area contributed by atoms with Gasteiger partial charge in [0.25, 0.3) is 0 Å². The van der Waals surface area contributed by atoms with E-state index in [4.69, 9.17) is 17.0 Å². The molecule has 0 spiro atoms. The van der Waals surface area contributed by atoms with Gasteiger partial charge in [-0.1, -0.05) is 24.3 Å². The number of rotatable bonds is 5. The molecule has 1 aromatic carbocycles. The summed E-state index contributed by atoms with van der Waals surface area (Å²) >= 11 is 5.32. The fourth-order valence-corrected chi connectivity index (χ4v) is 3.04. The average Bonchev–Trinajstić information content (AvgIpc) is 3.02. The number of ether oxygens (including phenoxy) is 1. The van der Waals surface area contributed by atoms with Gasteiger partial charge in [0.2, 0.25) is 0 Å². The lowest BCUT2D eigenvalue weighted by molar-refractivity contribution is 0.0512. The smallest absolute Gasteiger partial charge is 0.338 e. The zero-order valence-electron chi connectivity index (χ0n) is 13.2. The molecule has 6 heteroatoms. The fraction of sp³-hybridized carbons (Fsp3) is 0.278. The van der Waals surface area contributed by atoms with Crippen LogP contribution in [0.4, 0.5) is 0 Å². The van der Waals surface area contributed by atoms with Crippen LogP contribution in [0.2, 0.25) is 0 Å². The molecular weight excluding hydrogens is 322 g/mol. The summed E-state index contributed by atoms with van der Waals surface area (Å²) in [5.74, 6) is -0.359. The van der Waals surface area contributed by atoms with Crippen molar-refractivity contribution >= 4 is 23.3 Å². The highest BCUT2D eigenvalue weighted by molar-refractivity contribution is 7.80. The van der Waals surface area contributed by atoms with Crippen LogP contribution in [0.5, 0.6) is 0 Å². The maximum atomic E-state index is 11.8. The lowest BCUT2D eigenvalue weighted by Gasteiger charge is -2.17. The second kappa shape index (κ2) is 7.88. The highest BCUT2D eigenvalue weighted by Gasteiger charge is 2.22. The van der Waals surface area contributed by atoms with Crippen molar-refractivity contribution in [1.82, 2.24) is 15.6 Å². The van der Waals surface area contributed by atoms with E-state index < -0.39 is 0 Å². The third-order valence-corrected chi connectivity index (χ3v) is 4.24. The molecule has 1 aromatic heterocycles. The summed E-state index contributed by atoms with van der Waals surface area (Å²) in [5, 5.41) is 6.98. The number of fused-ring (bicyclic) bond motifs is 1. The van der Waals surface area contributed by atoms with Gasteiger partial charge < -0.3 is 15.4 Å². The summed E-state index contributed by atoms with van der Waals surface area (Å²) in [4.78, 5) is 15.6. The molecule has 2 aromatic rings. The topological polar surface area (TPSA) is 63.2 Å². The summed E-state index contributed by atoms with van der Waals surface area (Å²) in [6.07, 6.45) is 5.23. The first-order valence-electron chi connectivity index (χ1n) is 7.93. The van der Waals surface area contributed by atoms with Gasteiger partial charge in [0, 0.05) is 12.4 Å². The number of carbonyl (C=O) groups excluding carboxylic acids is 1. The summed E-state index contributed by atoms with van der Waals surface area (Å²) in [6, 6.07) is 11.9. The number of pyridine rings is 1. The molecule has 0 radical (unpaired) electrons. The zero-order valence-corrected chi connectivity index (χ0v) is 14.0. The molecule has 0 saturated carbocycles. The Morgan fingerprint density at radius 1 is 1.25 bits per heavy atom. The van der Waals surface area contributed by atoms with Crippen LogP contribution < -0.4 is 10.6 Å². The monoisotopic (exact) mass is 341 g/mol. The Hall–Kier alpha value is -2.47. The molecule has 124 valence electrons. The van der Waals surface area contributed by atoms with Crippen LogP contribution >= 0.6 is 12.2 Å². The molecule has 5 nitrogen and oxygen atoms in total. The zero-order chi connectivity index (χ0) is 16.8. The fourth-order valence-electron chi connectivity index (χ4n) is 2.80. The van der Waals surface area contributed by atoms with Gasteiger partial charge in [0.05, 0.1) is 18.2 Å². The number of esters is 1. The Balaban J connectivity index is 1.39. The van der Waals surface area contributed by atoms with Crippen LogP contribution in [-0.4, -0.2) is 29.2 Å². The van der Waals surface area contributed by atoms with Crippen LogP contribution in [-0.2, 0) is 11.2 Å². The molecule has 1 unspecified atom stereocenters. The summed E-state index contributed by atoms with van der Waals surface area (Å²) in [5.41, 5.74) is 3.18. The highest BCUT2D eigenvalue weighted by atomic mass is 32.1. The van der Waals surface area contributed by atoms with E-state index >= 15 is 0 Å². The molecule has 0 amide bonds. The maximum absolute atomic E-state index is 11.8. The van der Waals surface area contributed by atoms with E-state index in [2.05, 4.69) is 33.8 Å². The van der Waals surface area contributed by atoms with Crippen molar-refractivity contribution in [3.8, 4) is 0 Å². The number of hydrogen-bond acceptors (Lipinski definition) is 4. The first kappa shape index (κ1) is 16.4. The predicted octanol–water partition coefficient (Wildman–Crippen LogP) is 2.39. The normalized spacial score (nSPS) is 15.4. The molecule has 3 rings (SSSR count). The molecule has 1 heterocycles. The number of benzene rings is 1. The molecule has 24 heavy (non-hydrogen) atoms. The van der Waals surface area contributed by atoms with E-state index in [-0.39, 0.29) is 18.6 Å². The standard InChI is InChI=1S/C18H19N3O2S/c22-17(14-7-9-19-10-8-14)23-12-11-20-18(24)21-16-6-5-13-3-1-2-4-15(13)16/h1-4,7-10,16H,5-6,11-12H2,(H2,20,21,24). The Morgan fingerprint density at radius 3 is 2.88 bits per heavy atom. The second-order valence-electron chi connectivity index (χ2n) is 5.56. The largest absolute Gasteiger partial charge is 0.460 e. The summed E-state index contributed by atoms with van der Waals surface area (Å²) in [6.45, 7) is 0.723. The highest BCUT2D eigenvalue weighted by Crippen LogP contribution is 2.30. The Labute approximate surface area is 146 Å². The van der Waals surface area contributed by atoms with Gasteiger partial charge in [-0.2, -0.15) is 0 Å². The quantitative estimate of drug-likeness (QED) is 0.495. The molecule has 0 bridgehead atoms. The first-order chi connectivity index (χ1) is 11.7. The van der Waals surface area contributed by atoms with Crippen molar-refractivity contribution in [2.45, 2.75) is 18.9 Å². The SMILES string of the molecule is O=C(OCCNC(=S)NC1CCc2ccccc21)c1ccncc1.